The zero-order valence-electron chi connectivity index (χ0n) is 38.5. The minimum Gasteiger partial charge on any atom is -0.251 e. The zero-order valence-corrected chi connectivity index (χ0v) is 40.7. The van der Waals surface area contributed by atoms with E-state index in [1.807, 2.05) is 64.1 Å². The summed E-state index contributed by atoms with van der Waals surface area (Å²) in [5, 5.41) is 36.0. The number of para-hydroxylation sites is 4. The number of hydrogen-bond donors (Lipinski definition) is 0. The first-order valence-electron chi connectivity index (χ1n) is 19.7. The molecule has 0 fully saturated rings. The van der Waals surface area contributed by atoms with Crippen molar-refractivity contribution in [3.8, 4) is 0 Å². The van der Waals surface area contributed by atoms with Crippen molar-refractivity contribution in [2.45, 2.75) is 83.1 Å². The molecule has 0 aliphatic heterocycles. The van der Waals surface area contributed by atoms with Gasteiger partial charge in [-0.1, -0.05) is 84.9 Å². The molecule has 0 N–H and O–H groups in total. The summed E-state index contributed by atoms with van der Waals surface area (Å²) in [6, 6.07) is 37.0. The van der Waals surface area contributed by atoms with Crippen molar-refractivity contribution < 1.29 is 34.1 Å². The van der Waals surface area contributed by atoms with Crippen LogP contribution in [0.2, 0.25) is 0 Å². The largest absolute Gasteiger partial charge is 0.251 e. The van der Waals surface area contributed by atoms with Crippen LogP contribution in [0.25, 0.3) is 0 Å². The van der Waals surface area contributed by atoms with Gasteiger partial charge in [-0.3, -0.25) is 20.0 Å². The van der Waals surface area contributed by atoms with Crippen LogP contribution in [0, 0.1) is 87.7 Å². The van der Waals surface area contributed by atoms with E-state index >= 15 is 0 Å². The van der Waals surface area contributed by atoms with Crippen molar-refractivity contribution in [3.63, 3.8) is 0 Å². The van der Waals surface area contributed by atoms with E-state index in [0.717, 1.165) is 68.4 Å². The van der Waals surface area contributed by atoms with E-state index in [2.05, 4.69) is 128 Å². The van der Waals surface area contributed by atoms with Gasteiger partial charge in [-0.15, -0.1) is 0 Å². The summed E-state index contributed by atoms with van der Waals surface area (Å²) in [6.07, 6.45) is 0. The molecule has 12 nitrogen and oxygen atoms in total. The first-order valence-corrected chi connectivity index (χ1v) is 19.7. The Kier molecular flexibility index (Phi) is 25.6. The molecule has 0 saturated carbocycles. The topological polar surface area (TPSA) is 218 Å². The number of aliphatic imine (C=N–C) groups is 4. The fourth-order valence-corrected chi connectivity index (χ4v) is 6.50. The Morgan fingerprint density at radius 3 is 0.594 bits per heavy atom. The van der Waals surface area contributed by atoms with Gasteiger partial charge in [0.25, 0.3) is 0 Å². The van der Waals surface area contributed by atoms with E-state index in [1.54, 1.807) is 0 Å². The predicted molar refractivity (Wildman–Crippen MR) is 250 cm³/mol. The molecule has 0 atom stereocenters. The van der Waals surface area contributed by atoms with Crippen molar-refractivity contribution in [1.82, 2.24) is 9.97 Å². The Morgan fingerprint density at radius 2 is 0.438 bits per heavy atom. The normalized spacial score (nSPS) is 10.9. The van der Waals surface area contributed by atoms with Gasteiger partial charge in [-0.2, -0.15) is 0 Å². The van der Waals surface area contributed by atoms with Crippen molar-refractivity contribution in [3.05, 3.63) is 176 Å². The molecule has 2 aromatic heterocycles. The molecule has 6 aromatic rings. The average molecular weight is 935 g/mol. The van der Waals surface area contributed by atoms with Gasteiger partial charge >= 0.3 is 0 Å². The fourth-order valence-electron chi connectivity index (χ4n) is 6.50. The molecule has 0 unspecified atom stereocenters. The Balaban J connectivity index is 0.00000108. The molecule has 2 heterocycles. The molecule has 14 heteroatoms. The second-order valence-corrected chi connectivity index (χ2v) is 14.6. The molecule has 0 radical (unpaired) electrons. The number of rotatable bonds is 8. The maximum absolute atomic E-state index is 6.00. The van der Waals surface area contributed by atoms with Crippen LogP contribution in [0.1, 0.15) is 95.0 Å². The van der Waals surface area contributed by atoms with E-state index in [1.165, 1.54) is 44.5 Å². The summed E-state index contributed by atoms with van der Waals surface area (Å²) in [5.41, 5.74) is 20.5. The summed E-state index contributed by atoms with van der Waals surface area (Å²) in [6.45, 7) is 24.7. The first kappa shape index (κ1) is 57.2. The van der Waals surface area contributed by atoms with Crippen molar-refractivity contribution >= 4 is 45.6 Å². The zero-order chi connectivity index (χ0) is 46.5. The van der Waals surface area contributed by atoms with Crippen molar-refractivity contribution in [2.24, 2.45) is 20.0 Å². The maximum atomic E-state index is 6.00. The third-order valence-electron chi connectivity index (χ3n) is 9.86. The molecular weight excluding hydrogens is 880 g/mol. The molecule has 6 rings (SSSR count). The number of nitrogens with zero attached hydrogens (tertiary/aromatic N) is 12. The number of aryl methyl sites for hydroxylation is 8. The van der Waals surface area contributed by atoms with Gasteiger partial charge in [0.2, 0.25) is 0 Å². The maximum Gasteiger partial charge on any atom is 0.0849 e. The third-order valence-corrected chi connectivity index (χ3v) is 9.86. The van der Waals surface area contributed by atoms with Crippen LogP contribution in [0.3, 0.4) is 0 Å². The summed E-state index contributed by atoms with van der Waals surface area (Å²) in [4.78, 5) is 29.1. The molecule has 0 aliphatic carbocycles. The first-order chi connectivity index (χ1) is 29.7. The Hall–Kier alpha value is -6.84. The number of hydrogen-bond acceptors (Lipinski definition) is 12. The molecule has 0 saturated heterocycles. The van der Waals surface area contributed by atoms with Crippen LogP contribution in [0.15, 0.2) is 129 Å². The van der Waals surface area contributed by atoms with Crippen LogP contribution in [-0.4, -0.2) is 32.8 Å². The molecule has 0 bridgehead atoms. The second kappa shape index (κ2) is 28.7. The minimum atomic E-state index is 0. The quantitative estimate of drug-likeness (QED) is 0.0810. The Bertz CT molecular complexity index is 2240. The van der Waals surface area contributed by atoms with Gasteiger partial charge in [0.1, 0.15) is 0 Å². The van der Waals surface area contributed by atoms with Gasteiger partial charge in [-0.25, -0.2) is 9.97 Å². The van der Waals surface area contributed by atoms with Gasteiger partial charge in [0.05, 0.1) is 68.4 Å². The number of aromatic nitrogens is 2. The molecule has 0 spiro atoms. The van der Waals surface area contributed by atoms with Crippen LogP contribution < -0.4 is 0 Å². The van der Waals surface area contributed by atoms with Gasteiger partial charge < -0.3 is 0 Å². The molecule has 0 aliphatic rings. The standard InChI is InChI=1S/2C25H27N3.2Fe.3N2/c2*1-16-10-7-11-17(2)24(16)26-20(5)22-14-9-15-23(28-22)21(6)27-25-18(3)12-8-13-19(25)4;;;3*1-2/h2*7-15H,1-6H3;;;;;. The smallest absolute Gasteiger partial charge is 0.0849 e. The van der Waals surface area contributed by atoms with Crippen LogP contribution in [-0.2, 0) is 34.1 Å². The van der Waals surface area contributed by atoms with Gasteiger partial charge in [-0.05, 0) is 152 Å². The van der Waals surface area contributed by atoms with E-state index in [0.29, 0.717) is 0 Å². The van der Waals surface area contributed by atoms with Crippen LogP contribution >= 0.6 is 0 Å². The average Bonchev–Trinajstić information content (AvgIpc) is 3.28. The molecular formula is C50H54Fe2N12. The van der Waals surface area contributed by atoms with Crippen LogP contribution in [0.5, 0.6) is 0 Å². The summed E-state index contributed by atoms with van der Waals surface area (Å²) in [7, 11) is 0. The monoisotopic (exact) mass is 934 g/mol. The molecule has 4 aromatic carbocycles. The predicted octanol–water partition coefficient (Wildman–Crippen LogP) is 13.3. The summed E-state index contributed by atoms with van der Waals surface area (Å²) in [5.74, 6) is 0. The fraction of sp³-hybridized carbons (Fsp3) is 0.240. The van der Waals surface area contributed by atoms with Crippen molar-refractivity contribution in [1.29, 1.82) is 32.4 Å². The molecule has 330 valence electrons. The van der Waals surface area contributed by atoms with E-state index in [4.69, 9.17) is 62.3 Å². The van der Waals surface area contributed by atoms with Gasteiger partial charge in [0, 0.05) is 66.5 Å². The Morgan fingerprint density at radius 1 is 0.297 bits per heavy atom. The van der Waals surface area contributed by atoms with E-state index in [-0.39, 0.29) is 34.1 Å². The molecule has 64 heavy (non-hydrogen) atoms. The SMILES string of the molecule is CC(=Nc1c(C)cccc1C)c1cccc(C(C)=Nc2c(C)cccc2C)n1.CC(=Nc1c(C)cccc1C)c1cccc(C(C)=Nc2c(C)cccc2C)n1.N#N.N#N.N#N.[Fe].[Fe]. The Labute approximate surface area is 399 Å². The third kappa shape index (κ3) is 15.8. The number of benzene rings is 4. The van der Waals surface area contributed by atoms with E-state index in [9.17, 15) is 0 Å². The minimum absolute atomic E-state index is 0. The summed E-state index contributed by atoms with van der Waals surface area (Å²) >= 11 is 0. The van der Waals surface area contributed by atoms with E-state index < -0.39 is 0 Å². The summed E-state index contributed by atoms with van der Waals surface area (Å²) < 4.78 is 0. The van der Waals surface area contributed by atoms with Crippen molar-refractivity contribution in [2.75, 3.05) is 0 Å². The second-order valence-electron chi connectivity index (χ2n) is 14.6. The van der Waals surface area contributed by atoms with Crippen LogP contribution in [0.4, 0.5) is 22.7 Å². The number of pyridine rings is 2. The van der Waals surface area contributed by atoms with Gasteiger partial charge in [0.15, 0.2) is 0 Å². The molecule has 0 amide bonds.